The number of rotatable bonds is 5. The Kier molecular flexibility index (Phi) is 7.62. The van der Waals surface area contributed by atoms with Gasteiger partial charge in [-0.15, -0.1) is 0 Å². The van der Waals surface area contributed by atoms with Gasteiger partial charge in [0.05, 0.1) is 21.7 Å². The van der Waals surface area contributed by atoms with Crippen molar-refractivity contribution in [3.8, 4) is 18.0 Å². The number of nitrogens with zero attached hydrogens (tertiary/aromatic N) is 5. The van der Waals surface area contributed by atoms with E-state index in [1.165, 1.54) is 6.19 Å². The maximum absolute atomic E-state index is 13.4. The fraction of sp³-hybridized carbons (Fsp3) is 0.130. The van der Waals surface area contributed by atoms with Crippen molar-refractivity contribution in [2.75, 3.05) is 16.8 Å². The molecule has 1 aromatic heterocycles. The molecule has 3 aromatic rings. The highest BCUT2D eigenvalue weighted by atomic mass is 32.2. The first kappa shape index (κ1) is 31.1. The molecule has 0 bridgehead atoms. The summed E-state index contributed by atoms with van der Waals surface area (Å²) in [5.41, 5.74) is 5.72. The number of fused-ring (bicyclic) bond motifs is 1. The lowest BCUT2D eigenvalue weighted by Crippen LogP contribution is -2.33. The van der Waals surface area contributed by atoms with Crippen molar-refractivity contribution in [1.29, 1.82) is 10.5 Å². The van der Waals surface area contributed by atoms with Crippen LogP contribution in [-0.4, -0.2) is 24.3 Å². The van der Waals surface area contributed by atoms with E-state index in [9.17, 15) is 50.1 Å². The number of nitrogen functional groups attached to an aromatic ring is 2. The number of benzene rings is 2. The zero-order chi connectivity index (χ0) is 32.8. The van der Waals surface area contributed by atoms with Crippen molar-refractivity contribution < 1.29 is 43.9 Å². The van der Waals surface area contributed by atoms with Gasteiger partial charge >= 0.3 is 22.5 Å². The molecule has 14 nitrogen and oxygen atoms in total. The molecule has 0 fully saturated rings. The van der Waals surface area contributed by atoms with Gasteiger partial charge in [-0.2, -0.15) is 45.3 Å². The van der Waals surface area contributed by atoms with E-state index in [1.54, 1.807) is 6.07 Å². The molecule has 0 aliphatic carbocycles. The number of alkyl halides is 6. The van der Waals surface area contributed by atoms with Crippen LogP contribution in [0.15, 0.2) is 46.3 Å². The second kappa shape index (κ2) is 10.8. The molecule has 21 heteroatoms. The van der Waals surface area contributed by atoms with Crippen LogP contribution in [0.25, 0.3) is 0 Å². The van der Waals surface area contributed by atoms with E-state index in [0.29, 0.717) is 6.07 Å². The molecule has 4 rings (SSSR count). The second-order valence-corrected chi connectivity index (χ2v) is 10.2. The average molecular weight is 641 g/mol. The second-order valence-electron chi connectivity index (χ2n) is 8.66. The van der Waals surface area contributed by atoms with E-state index in [1.807, 2.05) is 0 Å². The molecule has 6 N–H and O–H groups in total. The third-order valence-corrected chi connectivity index (χ3v) is 7.12. The van der Waals surface area contributed by atoms with Crippen LogP contribution in [0.4, 0.5) is 49.4 Å². The van der Waals surface area contributed by atoms with Crippen molar-refractivity contribution in [3.05, 3.63) is 74.3 Å². The van der Waals surface area contributed by atoms with Crippen molar-refractivity contribution in [1.82, 2.24) is 10.3 Å². The molecule has 0 amide bonds. The molecule has 0 saturated carbocycles. The molecular weight excluding hydrogens is 628 g/mol. The Bertz CT molecular complexity index is 1900. The number of pyridine rings is 1. The summed E-state index contributed by atoms with van der Waals surface area (Å²) >= 11 is 0. The van der Waals surface area contributed by atoms with Gasteiger partial charge in [-0.25, -0.2) is 9.98 Å². The van der Waals surface area contributed by atoms with Crippen LogP contribution < -0.4 is 26.3 Å². The monoisotopic (exact) mass is 641 g/mol. The number of halogens is 6. The van der Waals surface area contributed by atoms with Gasteiger partial charge in [-0.05, 0) is 24.3 Å². The molecule has 1 aliphatic rings. The van der Waals surface area contributed by atoms with E-state index in [0.717, 1.165) is 12.1 Å². The SMILES string of the molecule is N#CNC1=NC(c2cc([N+](=O)[O-])ccc2OS(=O)(=O)c2cc(C(F)(F)F)cc(C(F)(F)F)c2)c2c(nc(N)c(C#N)c2N)N1. The molecule has 1 aliphatic heterocycles. The minimum absolute atomic E-state index is 0.0908. The number of nitrogens with two attached hydrogens (primary N) is 2. The maximum Gasteiger partial charge on any atom is 0.416 e. The van der Waals surface area contributed by atoms with Gasteiger partial charge in [0.2, 0.25) is 5.96 Å². The van der Waals surface area contributed by atoms with Gasteiger partial charge < -0.3 is 21.0 Å². The first-order valence-electron chi connectivity index (χ1n) is 11.4. The van der Waals surface area contributed by atoms with Crippen molar-refractivity contribution in [2.45, 2.75) is 23.3 Å². The van der Waals surface area contributed by atoms with Crippen LogP contribution in [0, 0.1) is 32.9 Å². The lowest BCUT2D eigenvalue weighted by atomic mass is 9.94. The predicted molar refractivity (Wildman–Crippen MR) is 137 cm³/mol. The Balaban J connectivity index is 1.97. The van der Waals surface area contributed by atoms with Crippen LogP contribution in [0.1, 0.15) is 33.9 Å². The van der Waals surface area contributed by atoms with Gasteiger partial charge in [0.15, 0.2) is 6.19 Å². The molecule has 1 unspecified atom stereocenters. The fourth-order valence-electron chi connectivity index (χ4n) is 3.98. The number of anilines is 3. The van der Waals surface area contributed by atoms with E-state index in [2.05, 4.69) is 20.6 Å². The number of guanidine groups is 1. The Morgan fingerprint density at radius 2 is 1.66 bits per heavy atom. The normalized spacial score (nSPS) is 14.7. The summed E-state index contributed by atoms with van der Waals surface area (Å²) in [5.74, 6) is -1.87. The molecule has 44 heavy (non-hydrogen) atoms. The van der Waals surface area contributed by atoms with Gasteiger partial charge in [0.1, 0.15) is 40.0 Å². The summed E-state index contributed by atoms with van der Waals surface area (Å²) in [6.45, 7) is 0. The Morgan fingerprint density at radius 1 is 1.05 bits per heavy atom. The van der Waals surface area contributed by atoms with Crippen molar-refractivity contribution >= 4 is 39.1 Å². The predicted octanol–water partition coefficient (Wildman–Crippen LogP) is 3.77. The number of hydrogen-bond acceptors (Lipinski definition) is 13. The van der Waals surface area contributed by atoms with Crippen LogP contribution in [0.2, 0.25) is 0 Å². The third-order valence-electron chi connectivity index (χ3n) is 5.91. The number of non-ortho nitro benzene ring substituents is 1. The van der Waals surface area contributed by atoms with Crippen molar-refractivity contribution in [3.63, 3.8) is 0 Å². The lowest BCUT2D eigenvalue weighted by molar-refractivity contribution is -0.384. The Labute approximate surface area is 241 Å². The minimum Gasteiger partial charge on any atom is -0.397 e. The summed E-state index contributed by atoms with van der Waals surface area (Å²) in [6, 6.07) is 1.70. The maximum atomic E-state index is 13.4. The molecule has 2 heterocycles. The van der Waals surface area contributed by atoms with Gasteiger partial charge in [0.25, 0.3) is 5.69 Å². The summed E-state index contributed by atoms with van der Waals surface area (Å²) in [5, 5.41) is 34.8. The minimum atomic E-state index is -5.53. The van der Waals surface area contributed by atoms with E-state index >= 15 is 0 Å². The summed E-state index contributed by atoms with van der Waals surface area (Å²) in [4.78, 5) is 17.2. The fourth-order valence-corrected chi connectivity index (χ4v) is 5.01. The molecule has 0 spiro atoms. The summed E-state index contributed by atoms with van der Waals surface area (Å²) < 4.78 is 112. The third kappa shape index (κ3) is 5.89. The van der Waals surface area contributed by atoms with E-state index in [4.69, 9.17) is 20.9 Å². The Morgan fingerprint density at radius 3 is 2.18 bits per heavy atom. The zero-order valence-electron chi connectivity index (χ0n) is 21.1. The van der Waals surface area contributed by atoms with Gasteiger partial charge in [0, 0.05) is 23.3 Å². The average Bonchev–Trinajstić information content (AvgIpc) is 2.91. The Hall–Kier alpha value is -5.83. The summed E-state index contributed by atoms with van der Waals surface area (Å²) in [6.07, 6.45) is -9.27. The van der Waals surface area contributed by atoms with Crippen LogP contribution in [0.5, 0.6) is 5.75 Å². The molecule has 2 aromatic carbocycles. The smallest absolute Gasteiger partial charge is 0.397 e. The van der Waals surface area contributed by atoms with Crippen LogP contribution in [-0.2, 0) is 22.5 Å². The van der Waals surface area contributed by atoms with Crippen LogP contribution in [0.3, 0.4) is 0 Å². The highest BCUT2D eigenvalue weighted by molar-refractivity contribution is 7.87. The molecular formula is C23H13F6N9O5S. The number of nitro benzene ring substituents is 1. The van der Waals surface area contributed by atoms with Crippen molar-refractivity contribution in [2.24, 2.45) is 4.99 Å². The molecule has 1 atom stereocenters. The highest BCUT2D eigenvalue weighted by Crippen LogP contribution is 2.45. The standard InChI is InChI=1S/C23H13F6N9O5S/c24-22(25,26)9-3-10(23(27,28)29)5-12(4-9)44(41,42)43-15-2-1-11(38(39)40)6-13(15)18-16-17(32)14(7-30)19(33)36-20(16)37-21(35-18)34-8-31/h1-6,18H,(H6,32,33,34,35,36,37). The quantitative estimate of drug-likeness (QED) is 0.0778. The highest BCUT2D eigenvalue weighted by Gasteiger charge is 2.39. The largest absolute Gasteiger partial charge is 0.416 e. The molecule has 0 saturated heterocycles. The van der Waals surface area contributed by atoms with Gasteiger partial charge in [-0.3, -0.25) is 15.4 Å². The van der Waals surface area contributed by atoms with Gasteiger partial charge in [-0.1, -0.05) is 0 Å². The molecule has 0 radical (unpaired) electrons. The number of hydrogen-bond donors (Lipinski definition) is 4. The number of nitriles is 2. The summed E-state index contributed by atoms with van der Waals surface area (Å²) in [7, 11) is -5.53. The number of aliphatic imine (C=N–C) groups is 1. The first-order valence-corrected chi connectivity index (χ1v) is 12.8. The van der Waals surface area contributed by atoms with E-state index in [-0.39, 0.29) is 46.8 Å². The van der Waals surface area contributed by atoms with Crippen LogP contribution >= 0.6 is 0 Å². The molecule has 228 valence electrons. The number of aromatic nitrogens is 1. The lowest BCUT2D eigenvalue weighted by Gasteiger charge is -2.27. The number of nitro groups is 1. The first-order chi connectivity index (χ1) is 20.4. The zero-order valence-corrected chi connectivity index (χ0v) is 22.0. The topological polar surface area (TPSA) is 235 Å². The van der Waals surface area contributed by atoms with E-state index < -0.39 is 72.3 Å². The number of nitrogens with one attached hydrogen (secondary N) is 2.